The summed E-state index contributed by atoms with van der Waals surface area (Å²) in [5.41, 5.74) is 2.94. The van der Waals surface area contributed by atoms with Gasteiger partial charge in [-0.15, -0.1) is 0 Å². The number of fused-ring (bicyclic) bond motifs is 1. The number of thioether (sulfide) groups is 1. The van der Waals surface area contributed by atoms with Crippen LogP contribution in [0.5, 0.6) is 5.75 Å². The van der Waals surface area contributed by atoms with Gasteiger partial charge in [-0.05, 0) is 56.2 Å². The molecule has 6 heteroatoms. The van der Waals surface area contributed by atoms with Crippen LogP contribution in [-0.4, -0.2) is 33.9 Å². The Labute approximate surface area is 156 Å². The molecule has 4 rings (SSSR count). The average Bonchev–Trinajstić information content (AvgIpc) is 3.40. The molecular weight excluding hydrogens is 346 g/mol. The molecule has 0 spiro atoms. The summed E-state index contributed by atoms with van der Waals surface area (Å²) in [6, 6.07) is 16.3. The molecule has 1 heterocycles. The molecule has 0 radical (unpaired) electrons. The second-order valence-corrected chi connectivity index (χ2v) is 7.77. The van der Waals surface area contributed by atoms with Gasteiger partial charge in [-0.2, -0.15) is 0 Å². The van der Waals surface area contributed by atoms with Gasteiger partial charge in [-0.1, -0.05) is 23.9 Å². The van der Waals surface area contributed by atoms with E-state index in [0.29, 0.717) is 6.04 Å². The number of carbonyl (C=O) groups excluding carboxylic acids is 1. The molecule has 0 saturated heterocycles. The van der Waals surface area contributed by atoms with Crippen LogP contribution in [0, 0.1) is 0 Å². The average molecular weight is 367 g/mol. The number of benzene rings is 2. The van der Waals surface area contributed by atoms with E-state index in [1.165, 1.54) is 11.8 Å². The van der Waals surface area contributed by atoms with Gasteiger partial charge in [-0.25, -0.2) is 4.98 Å². The smallest absolute Gasteiger partial charge is 0.233 e. The van der Waals surface area contributed by atoms with Crippen LogP contribution in [-0.2, 0) is 4.79 Å². The molecule has 1 aromatic heterocycles. The van der Waals surface area contributed by atoms with Gasteiger partial charge in [0.2, 0.25) is 5.91 Å². The van der Waals surface area contributed by atoms with E-state index in [1.54, 1.807) is 7.11 Å². The molecule has 5 nitrogen and oxygen atoms in total. The van der Waals surface area contributed by atoms with Crippen molar-refractivity contribution in [2.75, 3.05) is 7.11 Å². The van der Waals surface area contributed by atoms with Crippen molar-refractivity contribution in [1.82, 2.24) is 14.9 Å². The molecule has 1 N–H and O–H groups in total. The Morgan fingerprint density at radius 2 is 1.96 bits per heavy atom. The number of aromatic nitrogens is 2. The Morgan fingerprint density at radius 1 is 1.23 bits per heavy atom. The third kappa shape index (κ3) is 3.42. The molecule has 0 aliphatic heterocycles. The van der Waals surface area contributed by atoms with Crippen molar-refractivity contribution in [2.24, 2.45) is 0 Å². The number of nitrogens with one attached hydrogen (secondary N) is 1. The zero-order chi connectivity index (χ0) is 18.1. The lowest BCUT2D eigenvalue weighted by molar-refractivity contribution is -0.120. The number of methoxy groups -OCH3 is 1. The number of carbonyl (C=O) groups is 1. The maximum Gasteiger partial charge on any atom is 0.233 e. The summed E-state index contributed by atoms with van der Waals surface area (Å²) in [5, 5.41) is 3.68. The van der Waals surface area contributed by atoms with Gasteiger partial charge in [0.05, 0.1) is 23.4 Å². The summed E-state index contributed by atoms with van der Waals surface area (Å²) in [6.45, 7) is 1.93. The first-order valence-corrected chi connectivity index (χ1v) is 9.62. The van der Waals surface area contributed by atoms with Crippen LogP contribution in [0.25, 0.3) is 16.7 Å². The fourth-order valence-electron chi connectivity index (χ4n) is 2.82. The van der Waals surface area contributed by atoms with Gasteiger partial charge in [0.15, 0.2) is 5.16 Å². The fraction of sp³-hybridized carbons (Fsp3) is 0.300. The summed E-state index contributed by atoms with van der Waals surface area (Å²) >= 11 is 1.49. The molecule has 1 saturated carbocycles. The van der Waals surface area contributed by atoms with Crippen LogP contribution >= 0.6 is 11.8 Å². The van der Waals surface area contributed by atoms with Crippen LogP contribution in [0.3, 0.4) is 0 Å². The normalized spacial score (nSPS) is 15.0. The third-order valence-corrected chi connectivity index (χ3v) is 5.49. The van der Waals surface area contributed by atoms with Crippen molar-refractivity contribution in [1.29, 1.82) is 0 Å². The summed E-state index contributed by atoms with van der Waals surface area (Å²) in [4.78, 5) is 17.1. The Kier molecular flexibility index (Phi) is 4.59. The Balaban J connectivity index is 1.69. The molecule has 1 fully saturated rings. The first-order valence-electron chi connectivity index (χ1n) is 8.74. The van der Waals surface area contributed by atoms with Gasteiger partial charge in [-0.3, -0.25) is 9.36 Å². The minimum Gasteiger partial charge on any atom is -0.497 e. The number of nitrogens with zero attached hydrogens (tertiary/aromatic N) is 2. The van der Waals surface area contributed by atoms with E-state index < -0.39 is 0 Å². The standard InChI is InChI=1S/C20H21N3O2S/c1-13(19(24)21-14-7-8-14)26-20-22-17-5-3-4-6-18(17)23(20)15-9-11-16(25-2)12-10-15/h3-6,9-14H,7-8H2,1-2H3,(H,21,24). The van der Waals surface area contributed by atoms with Crippen LogP contribution < -0.4 is 10.1 Å². The molecule has 1 amide bonds. The molecule has 3 aromatic rings. The number of ether oxygens (including phenoxy) is 1. The van der Waals surface area contributed by atoms with E-state index in [0.717, 1.165) is 40.5 Å². The molecule has 26 heavy (non-hydrogen) atoms. The second-order valence-electron chi connectivity index (χ2n) is 6.46. The summed E-state index contributed by atoms with van der Waals surface area (Å²) in [5.74, 6) is 0.885. The zero-order valence-electron chi connectivity index (χ0n) is 14.8. The second kappa shape index (κ2) is 7.03. The molecule has 0 bridgehead atoms. The molecule has 1 atom stereocenters. The van der Waals surface area contributed by atoms with Gasteiger partial charge in [0, 0.05) is 11.7 Å². The number of amides is 1. The molecule has 1 aliphatic rings. The number of hydrogen-bond acceptors (Lipinski definition) is 4. The number of para-hydroxylation sites is 2. The van der Waals surface area contributed by atoms with Crippen molar-refractivity contribution in [3.8, 4) is 11.4 Å². The van der Waals surface area contributed by atoms with E-state index >= 15 is 0 Å². The predicted molar refractivity (Wildman–Crippen MR) is 104 cm³/mol. The predicted octanol–water partition coefficient (Wildman–Crippen LogP) is 3.79. The minimum absolute atomic E-state index is 0.0748. The van der Waals surface area contributed by atoms with E-state index in [2.05, 4.69) is 9.88 Å². The Bertz CT molecular complexity index is 932. The van der Waals surface area contributed by atoms with Gasteiger partial charge in [0.25, 0.3) is 0 Å². The highest BCUT2D eigenvalue weighted by Crippen LogP contribution is 2.31. The van der Waals surface area contributed by atoms with Crippen molar-refractivity contribution in [2.45, 2.75) is 36.2 Å². The first kappa shape index (κ1) is 17.0. The monoisotopic (exact) mass is 367 g/mol. The molecular formula is C20H21N3O2S. The summed E-state index contributed by atoms with van der Waals surface area (Å²) < 4.78 is 7.36. The number of rotatable bonds is 6. The highest BCUT2D eigenvalue weighted by atomic mass is 32.2. The topological polar surface area (TPSA) is 56.1 Å². The van der Waals surface area contributed by atoms with Crippen molar-refractivity contribution < 1.29 is 9.53 Å². The molecule has 1 unspecified atom stereocenters. The molecule has 134 valence electrons. The Morgan fingerprint density at radius 3 is 2.65 bits per heavy atom. The fourth-order valence-corrected chi connectivity index (χ4v) is 3.77. The van der Waals surface area contributed by atoms with Gasteiger partial charge in [0.1, 0.15) is 5.75 Å². The lowest BCUT2D eigenvalue weighted by Crippen LogP contribution is -2.32. The van der Waals surface area contributed by atoms with Crippen molar-refractivity contribution in [3.63, 3.8) is 0 Å². The van der Waals surface area contributed by atoms with Gasteiger partial charge >= 0.3 is 0 Å². The minimum atomic E-state index is -0.204. The van der Waals surface area contributed by atoms with Crippen LogP contribution in [0.15, 0.2) is 53.7 Å². The summed E-state index contributed by atoms with van der Waals surface area (Å²) in [7, 11) is 1.66. The maximum atomic E-state index is 12.4. The first-order chi connectivity index (χ1) is 12.7. The Hall–Kier alpha value is -2.47. The zero-order valence-corrected chi connectivity index (χ0v) is 15.6. The highest BCUT2D eigenvalue weighted by Gasteiger charge is 2.27. The summed E-state index contributed by atoms with van der Waals surface area (Å²) in [6.07, 6.45) is 2.18. The number of imidazole rings is 1. The SMILES string of the molecule is COc1ccc(-n2c(SC(C)C(=O)NC3CC3)nc3ccccc32)cc1. The van der Waals surface area contributed by atoms with Gasteiger partial charge < -0.3 is 10.1 Å². The van der Waals surface area contributed by atoms with Crippen LogP contribution in [0.1, 0.15) is 19.8 Å². The van der Waals surface area contributed by atoms with E-state index in [-0.39, 0.29) is 11.2 Å². The van der Waals surface area contributed by atoms with Crippen molar-refractivity contribution in [3.05, 3.63) is 48.5 Å². The van der Waals surface area contributed by atoms with E-state index in [9.17, 15) is 4.79 Å². The quantitative estimate of drug-likeness (QED) is 0.674. The van der Waals surface area contributed by atoms with Crippen LogP contribution in [0.2, 0.25) is 0 Å². The number of hydrogen-bond donors (Lipinski definition) is 1. The van der Waals surface area contributed by atoms with Crippen molar-refractivity contribution >= 4 is 28.7 Å². The van der Waals surface area contributed by atoms with E-state index in [1.807, 2.05) is 55.5 Å². The lowest BCUT2D eigenvalue weighted by atomic mass is 10.2. The maximum absolute atomic E-state index is 12.4. The highest BCUT2D eigenvalue weighted by molar-refractivity contribution is 8.00. The van der Waals surface area contributed by atoms with E-state index in [4.69, 9.17) is 9.72 Å². The third-order valence-electron chi connectivity index (χ3n) is 4.44. The molecule has 2 aromatic carbocycles. The molecule has 1 aliphatic carbocycles. The largest absolute Gasteiger partial charge is 0.497 e. The lowest BCUT2D eigenvalue weighted by Gasteiger charge is -2.13. The van der Waals surface area contributed by atoms with Crippen LogP contribution in [0.4, 0.5) is 0 Å².